The first-order chi connectivity index (χ1) is 12.4. The summed E-state index contributed by atoms with van der Waals surface area (Å²) in [5.74, 6) is 0.771. The Morgan fingerprint density at radius 1 is 1.15 bits per heavy atom. The summed E-state index contributed by atoms with van der Waals surface area (Å²) in [6.07, 6.45) is 8.48. The van der Waals surface area contributed by atoms with E-state index < -0.39 is 12.1 Å². The number of rotatable bonds is 13. The van der Waals surface area contributed by atoms with Gasteiger partial charge in [0, 0.05) is 18.8 Å². The van der Waals surface area contributed by atoms with E-state index in [1.165, 1.54) is 12.8 Å². The molecule has 0 heterocycles. The van der Waals surface area contributed by atoms with Gasteiger partial charge in [-0.1, -0.05) is 32.6 Å². The SMILES string of the molecule is CCC1CC1CC(O)CC[C@H]1[C@H](O)CC(=O)[C@@H]1CCCCCCC(=O)O. The van der Waals surface area contributed by atoms with Crippen LogP contribution in [0.15, 0.2) is 0 Å². The highest BCUT2D eigenvalue weighted by atomic mass is 16.4. The van der Waals surface area contributed by atoms with Crippen LogP contribution in [0.3, 0.4) is 0 Å². The van der Waals surface area contributed by atoms with Crippen molar-refractivity contribution in [3.8, 4) is 0 Å². The van der Waals surface area contributed by atoms with Crippen LogP contribution in [0.2, 0.25) is 0 Å². The third kappa shape index (κ3) is 6.66. The summed E-state index contributed by atoms with van der Waals surface area (Å²) in [5, 5.41) is 29.2. The van der Waals surface area contributed by atoms with Crippen LogP contribution in [0, 0.1) is 23.7 Å². The molecule has 6 atom stereocenters. The Kier molecular flexibility index (Phi) is 8.55. The molecule has 0 saturated heterocycles. The van der Waals surface area contributed by atoms with Crippen molar-refractivity contribution >= 4 is 11.8 Å². The molecule has 0 aromatic carbocycles. The van der Waals surface area contributed by atoms with Crippen LogP contribution < -0.4 is 0 Å². The fourth-order valence-corrected chi connectivity index (χ4v) is 4.73. The molecular weight excluding hydrogens is 332 g/mol. The van der Waals surface area contributed by atoms with E-state index in [1.807, 2.05) is 0 Å². The fourth-order valence-electron chi connectivity index (χ4n) is 4.73. The van der Waals surface area contributed by atoms with Crippen molar-refractivity contribution < 1.29 is 24.9 Å². The van der Waals surface area contributed by atoms with Crippen molar-refractivity contribution in [3.63, 3.8) is 0 Å². The van der Waals surface area contributed by atoms with Gasteiger partial charge < -0.3 is 15.3 Å². The average molecular weight is 369 g/mol. The molecule has 2 fully saturated rings. The first-order valence-electron chi connectivity index (χ1n) is 10.5. The second-order valence-corrected chi connectivity index (χ2v) is 8.49. The topological polar surface area (TPSA) is 94.8 Å². The third-order valence-corrected chi connectivity index (χ3v) is 6.49. The molecule has 0 spiro atoms. The predicted molar refractivity (Wildman–Crippen MR) is 99.7 cm³/mol. The first-order valence-corrected chi connectivity index (χ1v) is 10.5. The van der Waals surface area contributed by atoms with Gasteiger partial charge in [0.25, 0.3) is 0 Å². The molecule has 0 aromatic heterocycles. The van der Waals surface area contributed by atoms with Gasteiger partial charge in [-0.05, 0) is 56.3 Å². The fraction of sp³-hybridized carbons (Fsp3) is 0.905. The number of aliphatic carboxylic acids is 1. The standard InChI is InChI=1S/C21H36O5/c1-2-14-11-15(14)12-16(22)9-10-18-17(19(23)13-20(18)24)7-5-3-4-6-8-21(25)26/h14-18,20,22,24H,2-13H2,1H3,(H,25,26)/t14?,15?,16?,17-,18-,20-/m1/s1. The largest absolute Gasteiger partial charge is 0.481 e. The summed E-state index contributed by atoms with van der Waals surface area (Å²) in [6, 6.07) is 0. The number of carboxylic acids is 1. The second kappa shape index (κ2) is 10.4. The van der Waals surface area contributed by atoms with E-state index in [4.69, 9.17) is 5.11 Å². The summed E-state index contributed by atoms with van der Waals surface area (Å²) in [4.78, 5) is 22.7. The molecule has 150 valence electrons. The number of aliphatic hydroxyl groups is 2. The number of unbranched alkanes of at least 4 members (excludes halogenated alkanes) is 3. The monoisotopic (exact) mass is 368 g/mol. The van der Waals surface area contributed by atoms with Crippen molar-refractivity contribution in [1.29, 1.82) is 0 Å². The molecule has 0 radical (unpaired) electrons. The number of Topliss-reactive ketones (excluding diaryl/α,β-unsaturated/α-hetero) is 1. The van der Waals surface area contributed by atoms with Gasteiger partial charge >= 0.3 is 5.97 Å². The number of hydrogen-bond donors (Lipinski definition) is 3. The lowest BCUT2D eigenvalue weighted by Gasteiger charge is -2.22. The van der Waals surface area contributed by atoms with Gasteiger partial charge in [0.05, 0.1) is 12.2 Å². The number of carbonyl (C=O) groups excluding carboxylic acids is 1. The number of aliphatic hydroxyl groups excluding tert-OH is 2. The van der Waals surface area contributed by atoms with Crippen LogP contribution in [0.4, 0.5) is 0 Å². The van der Waals surface area contributed by atoms with Crippen molar-refractivity contribution in [2.24, 2.45) is 23.7 Å². The Labute approximate surface area is 157 Å². The number of hydrogen-bond acceptors (Lipinski definition) is 4. The Morgan fingerprint density at radius 2 is 1.88 bits per heavy atom. The van der Waals surface area contributed by atoms with Gasteiger partial charge in [-0.15, -0.1) is 0 Å². The number of carboxylic acid groups (broad SMARTS) is 1. The zero-order valence-corrected chi connectivity index (χ0v) is 16.1. The Bertz CT molecular complexity index is 463. The van der Waals surface area contributed by atoms with E-state index >= 15 is 0 Å². The van der Waals surface area contributed by atoms with Crippen molar-refractivity contribution in [1.82, 2.24) is 0 Å². The van der Waals surface area contributed by atoms with Crippen molar-refractivity contribution in [3.05, 3.63) is 0 Å². The summed E-state index contributed by atoms with van der Waals surface area (Å²) in [6.45, 7) is 2.20. The minimum atomic E-state index is -0.755. The average Bonchev–Trinajstić information content (AvgIpc) is 3.27. The lowest BCUT2D eigenvalue weighted by atomic mass is 9.85. The molecular formula is C21H36O5. The molecule has 2 saturated carbocycles. The summed E-state index contributed by atoms with van der Waals surface area (Å²) in [5.41, 5.74) is 0. The molecule has 2 aliphatic rings. The molecule has 0 aromatic rings. The molecule has 0 aliphatic heterocycles. The lowest BCUT2D eigenvalue weighted by molar-refractivity contribution is -0.137. The Morgan fingerprint density at radius 3 is 2.54 bits per heavy atom. The molecule has 2 aliphatic carbocycles. The Balaban J connectivity index is 1.67. The normalized spacial score (nSPS) is 32.0. The molecule has 5 heteroatoms. The minimum absolute atomic E-state index is 0.0163. The van der Waals surface area contributed by atoms with E-state index in [9.17, 15) is 19.8 Å². The summed E-state index contributed by atoms with van der Waals surface area (Å²) in [7, 11) is 0. The van der Waals surface area contributed by atoms with E-state index in [2.05, 4.69) is 6.92 Å². The zero-order chi connectivity index (χ0) is 19.1. The van der Waals surface area contributed by atoms with Crippen LogP contribution in [-0.2, 0) is 9.59 Å². The van der Waals surface area contributed by atoms with Crippen LogP contribution in [0.1, 0.15) is 84.0 Å². The number of carbonyl (C=O) groups is 2. The maximum atomic E-state index is 12.2. The van der Waals surface area contributed by atoms with Crippen molar-refractivity contribution in [2.45, 2.75) is 96.2 Å². The van der Waals surface area contributed by atoms with Crippen molar-refractivity contribution in [2.75, 3.05) is 0 Å². The van der Waals surface area contributed by atoms with Crippen LogP contribution in [0.5, 0.6) is 0 Å². The number of ketones is 1. The molecule has 5 nitrogen and oxygen atoms in total. The highest BCUT2D eigenvalue weighted by Crippen LogP contribution is 2.45. The highest BCUT2D eigenvalue weighted by Gasteiger charge is 2.41. The van der Waals surface area contributed by atoms with Crippen LogP contribution >= 0.6 is 0 Å². The van der Waals surface area contributed by atoms with Gasteiger partial charge in [0.1, 0.15) is 5.78 Å². The third-order valence-electron chi connectivity index (χ3n) is 6.49. The van der Waals surface area contributed by atoms with Gasteiger partial charge in [-0.25, -0.2) is 0 Å². The van der Waals surface area contributed by atoms with Gasteiger partial charge in [-0.2, -0.15) is 0 Å². The highest BCUT2D eigenvalue weighted by molar-refractivity contribution is 5.84. The molecule has 0 amide bonds. The molecule has 3 N–H and O–H groups in total. The van der Waals surface area contributed by atoms with E-state index in [0.29, 0.717) is 18.8 Å². The molecule has 3 unspecified atom stereocenters. The predicted octanol–water partition coefficient (Wildman–Crippen LogP) is 3.56. The molecule has 0 bridgehead atoms. The summed E-state index contributed by atoms with van der Waals surface area (Å²) >= 11 is 0. The van der Waals surface area contributed by atoms with Gasteiger partial charge in [-0.3, -0.25) is 9.59 Å². The van der Waals surface area contributed by atoms with Gasteiger partial charge in [0.2, 0.25) is 0 Å². The minimum Gasteiger partial charge on any atom is -0.481 e. The maximum Gasteiger partial charge on any atom is 0.303 e. The van der Waals surface area contributed by atoms with E-state index in [1.54, 1.807) is 0 Å². The van der Waals surface area contributed by atoms with Crippen LogP contribution in [-0.4, -0.2) is 39.3 Å². The maximum absolute atomic E-state index is 12.2. The van der Waals surface area contributed by atoms with Gasteiger partial charge in [0.15, 0.2) is 0 Å². The lowest BCUT2D eigenvalue weighted by Crippen LogP contribution is -2.23. The molecule has 26 heavy (non-hydrogen) atoms. The smallest absolute Gasteiger partial charge is 0.303 e. The van der Waals surface area contributed by atoms with E-state index in [0.717, 1.165) is 44.4 Å². The second-order valence-electron chi connectivity index (χ2n) is 8.49. The summed E-state index contributed by atoms with van der Waals surface area (Å²) < 4.78 is 0. The first kappa shape index (κ1) is 21.4. The van der Waals surface area contributed by atoms with Crippen LogP contribution in [0.25, 0.3) is 0 Å². The Hall–Kier alpha value is -0.940. The quantitative estimate of drug-likeness (QED) is 0.432. The molecule has 2 rings (SSSR count). The zero-order valence-electron chi connectivity index (χ0n) is 16.1. The van der Waals surface area contributed by atoms with E-state index in [-0.39, 0.29) is 36.6 Å².